The molecule has 0 saturated carbocycles. The molecule has 1 unspecified atom stereocenters. The highest BCUT2D eigenvalue weighted by molar-refractivity contribution is 5.63. The van der Waals surface area contributed by atoms with Crippen molar-refractivity contribution in [2.75, 3.05) is 5.73 Å². The van der Waals surface area contributed by atoms with E-state index in [1.807, 2.05) is 6.92 Å². The van der Waals surface area contributed by atoms with E-state index in [0.29, 0.717) is 22.6 Å². The first kappa shape index (κ1) is 15.4. The number of halogens is 1. The molecule has 0 fully saturated rings. The number of aryl methyl sites for hydroxylation is 1. The van der Waals surface area contributed by atoms with E-state index in [9.17, 15) is 4.39 Å². The Kier molecular flexibility index (Phi) is 4.88. The SMILES string of the molecule is CCCCCC(C)n1nnnc1-c1cc(N)cc(C)c1F. The van der Waals surface area contributed by atoms with Crippen molar-refractivity contribution in [3.8, 4) is 11.4 Å². The lowest BCUT2D eigenvalue weighted by Crippen LogP contribution is -2.10. The zero-order chi connectivity index (χ0) is 15.4. The molecular formula is C15H22FN5. The van der Waals surface area contributed by atoms with Crippen molar-refractivity contribution in [1.82, 2.24) is 20.2 Å². The highest BCUT2D eigenvalue weighted by Gasteiger charge is 2.19. The Labute approximate surface area is 124 Å². The summed E-state index contributed by atoms with van der Waals surface area (Å²) in [6, 6.07) is 3.32. The number of nitrogens with two attached hydrogens (primary N) is 1. The summed E-state index contributed by atoms with van der Waals surface area (Å²) in [7, 11) is 0. The van der Waals surface area contributed by atoms with Crippen LogP contribution in [0.2, 0.25) is 0 Å². The van der Waals surface area contributed by atoms with E-state index >= 15 is 0 Å². The van der Waals surface area contributed by atoms with Crippen molar-refractivity contribution in [3.05, 3.63) is 23.5 Å². The Morgan fingerprint density at radius 3 is 2.81 bits per heavy atom. The van der Waals surface area contributed by atoms with Gasteiger partial charge in [0.25, 0.3) is 0 Å². The van der Waals surface area contributed by atoms with Crippen molar-refractivity contribution in [1.29, 1.82) is 0 Å². The van der Waals surface area contributed by atoms with E-state index in [1.54, 1.807) is 23.7 Å². The fourth-order valence-corrected chi connectivity index (χ4v) is 2.44. The molecular weight excluding hydrogens is 269 g/mol. The minimum Gasteiger partial charge on any atom is -0.399 e. The van der Waals surface area contributed by atoms with E-state index in [1.165, 1.54) is 6.42 Å². The zero-order valence-electron chi connectivity index (χ0n) is 12.8. The summed E-state index contributed by atoms with van der Waals surface area (Å²) >= 11 is 0. The fourth-order valence-electron chi connectivity index (χ4n) is 2.44. The number of tetrazole rings is 1. The molecule has 5 nitrogen and oxygen atoms in total. The van der Waals surface area contributed by atoms with Gasteiger partial charge in [-0.05, 0) is 48.4 Å². The lowest BCUT2D eigenvalue weighted by Gasteiger charge is -2.14. The lowest BCUT2D eigenvalue weighted by molar-refractivity contribution is 0.431. The van der Waals surface area contributed by atoms with Crippen LogP contribution in [0.15, 0.2) is 12.1 Å². The van der Waals surface area contributed by atoms with Crippen molar-refractivity contribution in [2.45, 2.75) is 52.5 Å². The molecule has 0 saturated heterocycles. The van der Waals surface area contributed by atoms with Crippen LogP contribution in [-0.2, 0) is 0 Å². The highest BCUT2D eigenvalue weighted by atomic mass is 19.1. The summed E-state index contributed by atoms with van der Waals surface area (Å²) in [5.41, 5.74) is 7.18. The first-order valence-corrected chi connectivity index (χ1v) is 7.38. The third-order valence-corrected chi connectivity index (χ3v) is 3.65. The van der Waals surface area contributed by atoms with Crippen LogP contribution in [0.25, 0.3) is 11.4 Å². The molecule has 1 atom stereocenters. The van der Waals surface area contributed by atoms with Crippen molar-refractivity contribution in [3.63, 3.8) is 0 Å². The van der Waals surface area contributed by atoms with Gasteiger partial charge in [0.05, 0.1) is 11.6 Å². The molecule has 21 heavy (non-hydrogen) atoms. The van der Waals surface area contributed by atoms with Crippen molar-refractivity contribution < 1.29 is 4.39 Å². The Bertz CT molecular complexity index is 608. The molecule has 0 amide bonds. The Morgan fingerprint density at radius 1 is 1.33 bits per heavy atom. The van der Waals surface area contributed by atoms with E-state index in [0.717, 1.165) is 19.3 Å². The molecule has 0 spiro atoms. The predicted molar refractivity (Wildman–Crippen MR) is 81.2 cm³/mol. The van der Waals surface area contributed by atoms with Crippen LogP contribution in [-0.4, -0.2) is 20.2 Å². The quantitative estimate of drug-likeness (QED) is 0.653. The van der Waals surface area contributed by atoms with Crippen LogP contribution in [0.5, 0.6) is 0 Å². The minimum absolute atomic E-state index is 0.127. The van der Waals surface area contributed by atoms with Crippen LogP contribution < -0.4 is 5.73 Å². The normalized spacial score (nSPS) is 12.6. The number of hydrogen-bond acceptors (Lipinski definition) is 4. The van der Waals surface area contributed by atoms with Crippen LogP contribution >= 0.6 is 0 Å². The summed E-state index contributed by atoms with van der Waals surface area (Å²) in [5.74, 6) is 0.118. The number of rotatable bonds is 6. The van der Waals surface area contributed by atoms with E-state index in [-0.39, 0.29) is 11.9 Å². The van der Waals surface area contributed by atoms with Crippen LogP contribution in [0.1, 0.15) is 51.1 Å². The van der Waals surface area contributed by atoms with Crippen molar-refractivity contribution in [2.24, 2.45) is 0 Å². The second-order valence-electron chi connectivity index (χ2n) is 5.49. The number of benzene rings is 1. The van der Waals surface area contributed by atoms with Gasteiger partial charge in [-0.3, -0.25) is 0 Å². The second kappa shape index (κ2) is 6.65. The molecule has 0 bridgehead atoms. The van der Waals surface area contributed by atoms with Gasteiger partial charge in [-0.2, -0.15) is 0 Å². The Morgan fingerprint density at radius 2 is 2.10 bits per heavy atom. The number of anilines is 1. The minimum atomic E-state index is -0.319. The Balaban J connectivity index is 2.32. The van der Waals surface area contributed by atoms with E-state index < -0.39 is 0 Å². The highest BCUT2D eigenvalue weighted by Crippen LogP contribution is 2.28. The Hall–Kier alpha value is -1.98. The molecule has 0 aliphatic heterocycles. The maximum absolute atomic E-state index is 14.3. The van der Waals surface area contributed by atoms with Gasteiger partial charge in [-0.15, -0.1) is 5.10 Å². The van der Waals surface area contributed by atoms with Gasteiger partial charge in [0.15, 0.2) is 5.82 Å². The average Bonchev–Trinajstić information content (AvgIpc) is 2.92. The van der Waals surface area contributed by atoms with Crippen LogP contribution in [0.4, 0.5) is 10.1 Å². The molecule has 0 aliphatic rings. The predicted octanol–water partition coefficient (Wildman–Crippen LogP) is 3.51. The summed E-state index contributed by atoms with van der Waals surface area (Å²) in [5, 5.41) is 11.7. The average molecular weight is 291 g/mol. The number of nitrogens with zero attached hydrogens (tertiary/aromatic N) is 4. The fraction of sp³-hybridized carbons (Fsp3) is 0.533. The summed E-state index contributed by atoms with van der Waals surface area (Å²) < 4.78 is 16.0. The van der Waals surface area contributed by atoms with Gasteiger partial charge in [-0.1, -0.05) is 26.2 Å². The molecule has 6 heteroatoms. The molecule has 1 aromatic heterocycles. The monoisotopic (exact) mass is 291 g/mol. The molecule has 1 aromatic carbocycles. The summed E-state index contributed by atoms with van der Waals surface area (Å²) in [6.07, 6.45) is 4.41. The second-order valence-corrected chi connectivity index (χ2v) is 5.49. The van der Waals surface area contributed by atoms with Gasteiger partial charge in [-0.25, -0.2) is 9.07 Å². The lowest BCUT2D eigenvalue weighted by atomic mass is 10.1. The number of unbranched alkanes of at least 4 members (excludes halogenated alkanes) is 2. The molecule has 2 rings (SSSR count). The standard InChI is InChI=1S/C15H22FN5/c1-4-5-6-7-11(3)21-15(18-19-20-21)13-9-12(17)8-10(2)14(13)16/h8-9,11H,4-7,17H2,1-3H3. The maximum atomic E-state index is 14.3. The van der Waals surface area contributed by atoms with Gasteiger partial charge in [0.1, 0.15) is 5.82 Å². The van der Waals surface area contributed by atoms with Gasteiger partial charge < -0.3 is 5.73 Å². The maximum Gasteiger partial charge on any atom is 0.185 e. The number of aromatic nitrogens is 4. The largest absolute Gasteiger partial charge is 0.399 e. The van der Waals surface area contributed by atoms with E-state index in [2.05, 4.69) is 22.4 Å². The zero-order valence-corrected chi connectivity index (χ0v) is 12.8. The third-order valence-electron chi connectivity index (χ3n) is 3.65. The molecule has 0 radical (unpaired) electrons. The molecule has 2 N–H and O–H groups in total. The van der Waals surface area contributed by atoms with Gasteiger partial charge in [0, 0.05) is 5.69 Å². The van der Waals surface area contributed by atoms with Crippen LogP contribution in [0, 0.1) is 12.7 Å². The van der Waals surface area contributed by atoms with Gasteiger partial charge >= 0.3 is 0 Å². The topological polar surface area (TPSA) is 69.6 Å². The van der Waals surface area contributed by atoms with Crippen LogP contribution in [0.3, 0.4) is 0 Å². The number of hydrogen-bond donors (Lipinski definition) is 1. The molecule has 114 valence electrons. The first-order valence-electron chi connectivity index (χ1n) is 7.38. The number of nitrogen functional groups attached to an aromatic ring is 1. The molecule has 1 heterocycles. The van der Waals surface area contributed by atoms with Gasteiger partial charge in [0.2, 0.25) is 0 Å². The van der Waals surface area contributed by atoms with E-state index in [4.69, 9.17) is 5.73 Å². The summed E-state index contributed by atoms with van der Waals surface area (Å²) in [4.78, 5) is 0. The summed E-state index contributed by atoms with van der Waals surface area (Å²) in [6.45, 7) is 5.90. The smallest absolute Gasteiger partial charge is 0.185 e. The first-order chi connectivity index (χ1) is 10.0. The molecule has 2 aromatic rings. The molecule has 0 aliphatic carbocycles. The van der Waals surface area contributed by atoms with Crippen molar-refractivity contribution >= 4 is 5.69 Å². The third kappa shape index (κ3) is 3.37.